The highest BCUT2D eigenvalue weighted by molar-refractivity contribution is 9.10. The second kappa shape index (κ2) is 8.27. The molecule has 0 saturated heterocycles. The van der Waals surface area contributed by atoms with Crippen LogP contribution in [0, 0.1) is 12.8 Å². The zero-order valence-electron chi connectivity index (χ0n) is 13.6. The normalized spacial score (nSPS) is 23.5. The number of ether oxygens (including phenoxy) is 1. The Hall–Kier alpha value is -0.650. The fraction of sp³-hybridized carbons (Fsp3) is 0.706. The molecule has 0 spiro atoms. The van der Waals surface area contributed by atoms with Gasteiger partial charge >= 0.3 is 0 Å². The van der Waals surface area contributed by atoms with Gasteiger partial charge < -0.3 is 15.0 Å². The first kappa shape index (κ1) is 17.7. The van der Waals surface area contributed by atoms with Gasteiger partial charge in [0.25, 0.3) is 5.56 Å². The van der Waals surface area contributed by atoms with Gasteiger partial charge in [-0.1, -0.05) is 13.3 Å². The summed E-state index contributed by atoms with van der Waals surface area (Å²) in [6.45, 7) is 5.00. The fourth-order valence-electron chi connectivity index (χ4n) is 3.19. The van der Waals surface area contributed by atoms with Crippen molar-refractivity contribution in [3.8, 4) is 0 Å². The van der Waals surface area contributed by atoms with E-state index in [2.05, 4.69) is 22.9 Å². The summed E-state index contributed by atoms with van der Waals surface area (Å²) < 4.78 is 8.66. The van der Waals surface area contributed by atoms with Crippen LogP contribution >= 0.6 is 15.9 Å². The summed E-state index contributed by atoms with van der Waals surface area (Å²) >= 11 is 3.45. The van der Waals surface area contributed by atoms with E-state index in [-0.39, 0.29) is 11.6 Å². The molecule has 5 heteroatoms. The number of aryl methyl sites for hydroxylation is 1. The standard InChI is InChI=1S/C17H27BrN2O2/c1-3-13-4-6-16(7-5-13)22-11-15(9-19)20-10-14(18)8-12(2)17(20)21/h8,10,13,15-16H,3-7,9,11,19H2,1-2H3. The zero-order valence-corrected chi connectivity index (χ0v) is 15.1. The van der Waals surface area contributed by atoms with Crippen molar-refractivity contribution in [3.05, 3.63) is 32.7 Å². The molecule has 0 amide bonds. The van der Waals surface area contributed by atoms with E-state index in [4.69, 9.17) is 10.5 Å². The number of nitrogens with zero attached hydrogens (tertiary/aromatic N) is 1. The average Bonchev–Trinajstić information content (AvgIpc) is 2.52. The fourth-order valence-corrected chi connectivity index (χ4v) is 3.75. The minimum Gasteiger partial charge on any atom is -0.376 e. The molecule has 22 heavy (non-hydrogen) atoms. The molecule has 0 aromatic carbocycles. The van der Waals surface area contributed by atoms with E-state index in [1.165, 1.54) is 19.3 Å². The SMILES string of the molecule is CCC1CCC(OCC(CN)n2cc(Br)cc(C)c2=O)CC1. The lowest BCUT2D eigenvalue weighted by Gasteiger charge is -2.29. The summed E-state index contributed by atoms with van der Waals surface area (Å²) in [5.74, 6) is 0.862. The van der Waals surface area contributed by atoms with E-state index in [1.807, 2.05) is 19.2 Å². The Balaban J connectivity index is 1.97. The van der Waals surface area contributed by atoms with Crippen LogP contribution in [0.5, 0.6) is 0 Å². The minimum atomic E-state index is -0.104. The lowest BCUT2D eigenvalue weighted by atomic mass is 9.86. The van der Waals surface area contributed by atoms with Gasteiger partial charge in [-0.25, -0.2) is 0 Å². The minimum absolute atomic E-state index is 0.0111. The van der Waals surface area contributed by atoms with Crippen LogP contribution in [0.15, 0.2) is 21.5 Å². The van der Waals surface area contributed by atoms with Crippen molar-refractivity contribution in [2.45, 2.75) is 58.1 Å². The van der Waals surface area contributed by atoms with Gasteiger partial charge in [0, 0.05) is 22.8 Å². The smallest absolute Gasteiger partial charge is 0.253 e. The molecule has 1 heterocycles. The van der Waals surface area contributed by atoms with E-state index in [1.54, 1.807) is 4.57 Å². The molecule has 2 N–H and O–H groups in total. The Morgan fingerprint density at radius 3 is 2.68 bits per heavy atom. The molecule has 2 rings (SSSR count). The molecular formula is C17H27BrN2O2. The largest absolute Gasteiger partial charge is 0.376 e. The second-order valence-electron chi connectivity index (χ2n) is 6.33. The third kappa shape index (κ3) is 4.43. The average molecular weight is 371 g/mol. The summed E-state index contributed by atoms with van der Waals surface area (Å²) in [6.07, 6.45) is 8.16. The Kier molecular flexibility index (Phi) is 6.66. The van der Waals surface area contributed by atoms with Crippen molar-refractivity contribution in [1.82, 2.24) is 4.57 Å². The highest BCUT2D eigenvalue weighted by atomic mass is 79.9. The summed E-state index contributed by atoms with van der Waals surface area (Å²) in [6, 6.07) is 1.73. The molecule has 1 aromatic rings. The highest BCUT2D eigenvalue weighted by Crippen LogP contribution is 2.28. The Morgan fingerprint density at radius 2 is 2.09 bits per heavy atom. The number of aromatic nitrogens is 1. The maximum Gasteiger partial charge on any atom is 0.253 e. The van der Waals surface area contributed by atoms with Gasteiger partial charge in [0.05, 0.1) is 18.8 Å². The number of nitrogens with two attached hydrogens (primary N) is 1. The Labute approximate surface area is 141 Å². The second-order valence-corrected chi connectivity index (χ2v) is 7.24. The Bertz CT molecular complexity index is 536. The van der Waals surface area contributed by atoms with Crippen LogP contribution in [0.2, 0.25) is 0 Å². The summed E-state index contributed by atoms with van der Waals surface area (Å²) in [4.78, 5) is 12.3. The van der Waals surface area contributed by atoms with E-state index < -0.39 is 0 Å². The lowest BCUT2D eigenvalue weighted by Crippen LogP contribution is -2.35. The predicted molar refractivity (Wildman–Crippen MR) is 93.2 cm³/mol. The quantitative estimate of drug-likeness (QED) is 0.834. The number of halogens is 1. The molecule has 1 atom stereocenters. The maximum atomic E-state index is 12.3. The van der Waals surface area contributed by atoms with Crippen LogP contribution in [0.1, 0.15) is 50.6 Å². The van der Waals surface area contributed by atoms with Crippen LogP contribution in [0.25, 0.3) is 0 Å². The number of hydrogen-bond acceptors (Lipinski definition) is 3. The highest BCUT2D eigenvalue weighted by Gasteiger charge is 2.22. The van der Waals surface area contributed by atoms with Crippen molar-refractivity contribution < 1.29 is 4.74 Å². The number of rotatable bonds is 6. The predicted octanol–water partition coefficient (Wildman–Crippen LogP) is 3.40. The van der Waals surface area contributed by atoms with Gasteiger partial charge in [0.2, 0.25) is 0 Å². The summed E-state index contributed by atoms with van der Waals surface area (Å²) in [7, 11) is 0. The third-order valence-corrected chi connectivity index (χ3v) is 5.18. The van der Waals surface area contributed by atoms with Crippen molar-refractivity contribution in [3.63, 3.8) is 0 Å². The molecular weight excluding hydrogens is 344 g/mol. The summed E-state index contributed by atoms with van der Waals surface area (Å²) in [5, 5.41) is 0. The first-order valence-corrected chi connectivity index (χ1v) is 9.04. The van der Waals surface area contributed by atoms with Gasteiger partial charge in [-0.2, -0.15) is 0 Å². The van der Waals surface area contributed by atoms with Gasteiger partial charge in [-0.3, -0.25) is 4.79 Å². The van der Waals surface area contributed by atoms with E-state index >= 15 is 0 Å². The van der Waals surface area contributed by atoms with Gasteiger partial charge in [0.1, 0.15) is 0 Å². The molecule has 0 radical (unpaired) electrons. The van der Waals surface area contributed by atoms with E-state index in [9.17, 15) is 4.79 Å². The van der Waals surface area contributed by atoms with E-state index in [0.29, 0.717) is 19.3 Å². The van der Waals surface area contributed by atoms with Gasteiger partial charge in [-0.15, -0.1) is 0 Å². The molecule has 1 aliphatic carbocycles. The molecule has 0 aliphatic heterocycles. The van der Waals surface area contributed by atoms with Crippen LogP contribution in [-0.2, 0) is 4.74 Å². The van der Waals surface area contributed by atoms with Crippen LogP contribution in [0.4, 0.5) is 0 Å². The van der Waals surface area contributed by atoms with Crippen LogP contribution in [-0.4, -0.2) is 23.8 Å². The van der Waals surface area contributed by atoms with Crippen molar-refractivity contribution in [2.24, 2.45) is 11.7 Å². The first-order chi connectivity index (χ1) is 10.5. The molecule has 1 aliphatic rings. The lowest BCUT2D eigenvalue weighted by molar-refractivity contribution is 0.00193. The molecule has 1 aromatic heterocycles. The number of hydrogen-bond donors (Lipinski definition) is 1. The van der Waals surface area contributed by atoms with Crippen molar-refractivity contribution in [2.75, 3.05) is 13.2 Å². The summed E-state index contributed by atoms with van der Waals surface area (Å²) in [5.41, 5.74) is 6.61. The molecule has 1 saturated carbocycles. The van der Waals surface area contributed by atoms with Gasteiger partial charge in [-0.05, 0) is 60.5 Å². The van der Waals surface area contributed by atoms with Crippen molar-refractivity contribution in [1.29, 1.82) is 0 Å². The van der Waals surface area contributed by atoms with Crippen LogP contribution in [0.3, 0.4) is 0 Å². The number of pyridine rings is 1. The maximum absolute atomic E-state index is 12.3. The molecule has 4 nitrogen and oxygen atoms in total. The van der Waals surface area contributed by atoms with E-state index in [0.717, 1.165) is 28.8 Å². The van der Waals surface area contributed by atoms with Crippen molar-refractivity contribution >= 4 is 15.9 Å². The zero-order chi connectivity index (χ0) is 16.1. The molecule has 0 bridgehead atoms. The molecule has 1 fully saturated rings. The third-order valence-electron chi connectivity index (χ3n) is 4.75. The topological polar surface area (TPSA) is 57.2 Å². The molecule has 124 valence electrons. The monoisotopic (exact) mass is 370 g/mol. The first-order valence-electron chi connectivity index (χ1n) is 8.25. The molecule has 1 unspecified atom stereocenters. The Morgan fingerprint density at radius 1 is 1.41 bits per heavy atom. The van der Waals surface area contributed by atoms with Gasteiger partial charge in [0.15, 0.2) is 0 Å². The van der Waals surface area contributed by atoms with Crippen LogP contribution < -0.4 is 11.3 Å².